The minimum Gasteiger partial charge on any atom is -0.283 e. The van der Waals surface area contributed by atoms with Crippen molar-refractivity contribution in [3.05, 3.63) is 0 Å². The number of hydrogen-bond acceptors (Lipinski definition) is 9. The van der Waals surface area contributed by atoms with Gasteiger partial charge in [0, 0.05) is 0 Å². The zero-order chi connectivity index (χ0) is 16.7. The van der Waals surface area contributed by atoms with Gasteiger partial charge in [-0.2, -0.15) is 33.7 Å². The first-order chi connectivity index (χ1) is 8.40. The second-order valence-electron chi connectivity index (χ2n) is 3.34. The summed E-state index contributed by atoms with van der Waals surface area (Å²) >= 11 is 0. The van der Waals surface area contributed by atoms with Gasteiger partial charge in [0.05, 0.1) is 0 Å². The second kappa shape index (κ2) is 5.42. The Kier molecular flexibility index (Phi) is 5.31. The van der Waals surface area contributed by atoms with Crippen LogP contribution >= 0.6 is 0 Å². The van der Waals surface area contributed by atoms with Crippen LogP contribution in [-0.4, -0.2) is 73.2 Å². The molecule has 0 atom stereocenters. The maximum atomic E-state index is 10.8. The molecule has 0 fully saturated rings. The van der Waals surface area contributed by atoms with E-state index in [0.717, 1.165) is 0 Å². The third-order valence-corrected chi connectivity index (χ3v) is 7.97. The molecule has 0 amide bonds. The molecule has 0 radical (unpaired) electrons. The van der Waals surface area contributed by atoms with E-state index in [1.54, 1.807) is 0 Å². The fraction of sp³-hybridized carbons (Fsp3) is 1.00. The van der Waals surface area contributed by atoms with Crippen LogP contribution in [0.25, 0.3) is 0 Å². The predicted molar refractivity (Wildman–Crippen MR) is 61.5 cm³/mol. The highest BCUT2D eigenvalue weighted by molar-refractivity contribution is 8.05. The summed E-state index contributed by atoms with van der Waals surface area (Å²) in [6, 6.07) is 0. The van der Waals surface area contributed by atoms with Crippen molar-refractivity contribution in [2.45, 2.75) is 9.41 Å². The van der Waals surface area contributed by atoms with E-state index in [1.807, 2.05) is 0 Å². The van der Waals surface area contributed by atoms with Crippen molar-refractivity contribution >= 4 is 40.5 Å². The van der Waals surface area contributed by atoms with Gasteiger partial charge in [-0.25, -0.2) is 4.90 Å². The van der Waals surface area contributed by atoms with Gasteiger partial charge in [0.15, 0.2) is 0 Å². The van der Waals surface area contributed by atoms with Crippen molar-refractivity contribution in [2.24, 2.45) is 0 Å². The summed E-state index contributed by atoms with van der Waals surface area (Å²) in [5.41, 5.74) is 0. The van der Waals surface area contributed by atoms with Crippen LogP contribution in [0, 0.1) is 0 Å². The van der Waals surface area contributed by atoms with Gasteiger partial charge in [0.1, 0.15) is 0 Å². The molecule has 0 aliphatic carbocycles. The largest absolute Gasteiger partial charge is 0.298 e. The molecule has 0 bridgehead atoms. The first-order valence-electron chi connectivity index (χ1n) is 3.97. The zero-order valence-corrected chi connectivity index (χ0v) is 12.6. The van der Waals surface area contributed by atoms with Crippen LogP contribution in [0.15, 0.2) is 0 Å². The molecule has 0 unspecified atom stereocenters. The van der Waals surface area contributed by atoms with Gasteiger partial charge in [0.25, 0.3) is 49.9 Å². The van der Waals surface area contributed by atoms with Crippen LogP contribution in [0.1, 0.15) is 0 Å². The molecule has 122 valence electrons. The third kappa shape index (κ3) is 4.86. The quantitative estimate of drug-likeness (QED) is 0.339. The Balaban J connectivity index is 6.38. The smallest absolute Gasteiger partial charge is 0.283 e. The Hall–Kier alpha value is -0.400. The number of hydrogen-bond donors (Lipinski definition) is 4. The van der Waals surface area contributed by atoms with E-state index in [-0.39, 0.29) is 7.05 Å². The molecular weight excluding hydrogens is 370 g/mol. The zero-order valence-electron chi connectivity index (χ0n) is 9.29. The molecule has 20 heavy (non-hydrogen) atoms. The predicted octanol–water partition coefficient (Wildman–Crippen LogP) is -2.96. The lowest BCUT2D eigenvalue weighted by molar-refractivity contribution is 0.307. The summed E-state index contributed by atoms with van der Waals surface area (Å²) in [6.45, 7) is 0. The average molecular weight is 379 g/mol. The minimum atomic E-state index is -5.75. The monoisotopic (exact) mass is 379 g/mol. The Labute approximate surface area is 114 Å². The SMILES string of the molecule is CN(C(S(=O)(=O)O)S(=O)(=O)O)C(S(=O)(=O)O)S(=O)(=O)O. The van der Waals surface area contributed by atoms with Gasteiger partial charge in [-0.15, -0.1) is 0 Å². The van der Waals surface area contributed by atoms with Crippen molar-refractivity contribution in [3.8, 4) is 0 Å². The highest BCUT2D eigenvalue weighted by atomic mass is 32.3. The van der Waals surface area contributed by atoms with Gasteiger partial charge in [-0.1, -0.05) is 0 Å². The van der Waals surface area contributed by atoms with Gasteiger partial charge >= 0.3 is 0 Å². The first-order valence-corrected chi connectivity index (χ1v) is 9.98. The number of nitrogens with zero attached hydrogens (tertiary/aromatic N) is 1. The van der Waals surface area contributed by atoms with E-state index in [9.17, 15) is 33.7 Å². The molecule has 17 heteroatoms. The van der Waals surface area contributed by atoms with Crippen molar-refractivity contribution in [1.82, 2.24) is 4.90 Å². The topological polar surface area (TPSA) is 221 Å². The summed E-state index contributed by atoms with van der Waals surface area (Å²) in [5, 5.41) is 0. The van der Waals surface area contributed by atoms with E-state index in [2.05, 4.69) is 0 Å². The Morgan fingerprint density at radius 3 is 0.850 bits per heavy atom. The van der Waals surface area contributed by atoms with E-state index in [0.29, 0.717) is 0 Å². The lowest BCUT2D eigenvalue weighted by atomic mass is 11.0. The van der Waals surface area contributed by atoms with Crippen molar-refractivity contribution < 1.29 is 51.9 Å². The molecule has 0 aromatic carbocycles. The molecule has 0 heterocycles. The van der Waals surface area contributed by atoms with Crippen LogP contribution in [0.5, 0.6) is 0 Å². The molecule has 4 N–H and O–H groups in total. The highest BCUT2D eigenvalue weighted by Gasteiger charge is 2.50. The van der Waals surface area contributed by atoms with Gasteiger partial charge in [-0.3, -0.25) is 18.2 Å². The molecule has 0 spiro atoms. The average Bonchev–Trinajstić information content (AvgIpc) is 1.88. The molecule has 0 aromatic rings. The first kappa shape index (κ1) is 19.6. The molecule has 0 aromatic heterocycles. The van der Waals surface area contributed by atoms with Crippen LogP contribution in [-0.2, 0) is 40.5 Å². The normalized spacial score (nSPS) is 15.2. The molecule has 0 rings (SSSR count). The fourth-order valence-electron chi connectivity index (χ4n) is 1.25. The molecule has 0 saturated carbocycles. The lowest BCUT2D eigenvalue weighted by Crippen LogP contribution is -2.54. The van der Waals surface area contributed by atoms with Crippen molar-refractivity contribution in [2.75, 3.05) is 7.05 Å². The summed E-state index contributed by atoms with van der Waals surface area (Å²) in [5.74, 6) is 0. The summed E-state index contributed by atoms with van der Waals surface area (Å²) in [6.07, 6.45) is 0. The molecule has 0 aliphatic heterocycles. The molecule has 0 saturated heterocycles. The van der Waals surface area contributed by atoms with E-state index < -0.39 is 54.8 Å². The van der Waals surface area contributed by atoms with E-state index in [1.165, 1.54) is 0 Å². The Morgan fingerprint density at radius 1 is 0.600 bits per heavy atom. The number of rotatable bonds is 6. The Bertz CT molecular complexity index is 638. The highest BCUT2D eigenvalue weighted by Crippen LogP contribution is 2.20. The van der Waals surface area contributed by atoms with Gasteiger partial charge in [-0.05, 0) is 7.05 Å². The maximum Gasteiger partial charge on any atom is 0.298 e. The maximum absolute atomic E-state index is 10.8. The third-order valence-electron chi connectivity index (χ3n) is 1.68. The van der Waals surface area contributed by atoms with Gasteiger partial charge in [0.2, 0.25) is 0 Å². The summed E-state index contributed by atoms with van der Waals surface area (Å²) < 4.78 is 114. The minimum absolute atomic E-state index is 0.179. The summed E-state index contributed by atoms with van der Waals surface area (Å²) in [4.78, 5) is -0.685. The van der Waals surface area contributed by atoms with Crippen LogP contribution in [0.3, 0.4) is 0 Å². The fourth-order valence-corrected chi connectivity index (χ4v) is 6.18. The standard InChI is InChI=1S/C3H9NO12S4/c1-4(2(17(5,6)7)18(8,9)10)3(19(11,12)13)20(14,15)16/h2-3H,1H3,(H,5,6,7)(H,8,9,10)(H,11,12,13)(H,14,15,16). The lowest BCUT2D eigenvalue weighted by Gasteiger charge is -2.26. The van der Waals surface area contributed by atoms with Crippen molar-refractivity contribution in [1.29, 1.82) is 0 Å². The molecule has 13 nitrogen and oxygen atoms in total. The van der Waals surface area contributed by atoms with E-state index in [4.69, 9.17) is 18.2 Å². The van der Waals surface area contributed by atoms with Crippen LogP contribution < -0.4 is 0 Å². The van der Waals surface area contributed by atoms with Crippen molar-refractivity contribution in [3.63, 3.8) is 0 Å². The Morgan fingerprint density at radius 2 is 0.750 bits per heavy atom. The second-order valence-corrected chi connectivity index (χ2v) is 9.84. The van der Waals surface area contributed by atoms with Crippen LogP contribution in [0.2, 0.25) is 0 Å². The summed E-state index contributed by atoms with van der Waals surface area (Å²) in [7, 11) is -22.8. The van der Waals surface area contributed by atoms with E-state index >= 15 is 0 Å². The van der Waals surface area contributed by atoms with Crippen LogP contribution in [0.4, 0.5) is 0 Å². The van der Waals surface area contributed by atoms with Gasteiger partial charge < -0.3 is 0 Å². The molecular formula is C3H9NO12S4. The molecule has 0 aliphatic rings.